The predicted octanol–water partition coefficient (Wildman–Crippen LogP) is 2.92. The van der Waals surface area contributed by atoms with Gasteiger partial charge < -0.3 is 9.47 Å². The number of rotatable bonds is 6. The highest BCUT2D eigenvalue weighted by Gasteiger charge is 2.10. The van der Waals surface area contributed by atoms with Gasteiger partial charge in [0.25, 0.3) is 5.91 Å². The van der Waals surface area contributed by atoms with Gasteiger partial charge in [0.2, 0.25) is 5.91 Å². The molecule has 2 amide bonds. The Morgan fingerprint density at radius 1 is 1.08 bits per heavy atom. The summed E-state index contributed by atoms with van der Waals surface area (Å²) >= 11 is 4.58. The number of nitrogens with one attached hydrogen (secondary N) is 2. The average molecular weight is 413 g/mol. The highest BCUT2D eigenvalue weighted by Crippen LogP contribution is 2.28. The number of aryl methyl sites for hydroxylation is 1. The van der Waals surface area contributed by atoms with E-state index < -0.39 is 0 Å². The van der Waals surface area contributed by atoms with Crippen LogP contribution in [-0.2, 0) is 11.2 Å². The predicted molar refractivity (Wildman–Crippen MR) is 95.5 cm³/mol. The van der Waals surface area contributed by atoms with Gasteiger partial charge in [0, 0.05) is 6.42 Å². The Balaban J connectivity index is 1.82. The molecule has 2 N–H and O–H groups in total. The number of ether oxygens (including phenoxy) is 2. The number of halogens is 1. The number of amides is 2. The SMILES string of the molecule is COc1ccc(CCC(=O)NNC(=O)c2ccc(Br)s2)cc1OC. The first-order valence-corrected chi connectivity index (χ1v) is 8.70. The second-order valence-corrected chi connectivity index (χ2v) is 7.26. The monoisotopic (exact) mass is 412 g/mol. The van der Waals surface area contributed by atoms with Crippen molar-refractivity contribution in [1.29, 1.82) is 0 Å². The minimum absolute atomic E-state index is 0.240. The quantitative estimate of drug-likeness (QED) is 0.715. The maximum atomic E-state index is 11.8. The molecule has 0 aliphatic heterocycles. The van der Waals surface area contributed by atoms with Crippen molar-refractivity contribution in [3.05, 3.63) is 44.6 Å². The van der Waals surface area contributed by atoms with Crippen LogP contribution in [0.1, 0.15) is 21.7 Å². The van der Waals surface area contributed by atoms with Crippen molar-refractivity contribution in [3.8, 4) is 11.5 Å². The zero-order chi connectivity index (χ0) is 17.5. The summed E-state index contributed by atoms with van der Waals surface area (Å²) in [7, 11) is 3.13. The van der Waals surface area contributed by atoms with Crippen molar-refractivity contribution in [2.24, 2.45) is 0 Å². The number of hydrogen-bond acceptors (Lipinski definition) is 5. The number of thiophene rings is 1. The van der Waals surface area contributed by atoms with Gasteiger partial charge in [0.1, 0.15) is 0 Å². The lowest BCUT2D eigenvalue weighted by atomic mass is 10.1. The molecule has 24 heavy (non-hydrogen) atoms. The van der Waals surface area contributed by atoms with E-state index in [9.17, 15) is 9.59 Å². The summed E-state index contributed by atoms with van der Waals surface area (Å²) in [6, 6.07) is 8.95. The molecule has 8 heteroatoms. The van der Waals surface area contributed by atoms with Gasteiger partial charge in [-0.15, -0.1) is 11.3 Å². The number of methoxy groups -OCH3 is 2. The standard InChI is InChI=1S/C16H17BrN2O4S/c1-22-11-5-3-10(9-12(11)23-2)4-8-15(20)18-19-16(21)13-6-7-14(17)24-13/h3,5-7,9H,4,8H2,1-2H3,(H,18,20)(H,19,21). The van der Waals surface area contributed by atoms with Crippen LogP contribution in [0.2, 0.25) is 0 Å². The first kappa shape index (κ1) is 18.3. The number of carbonyl (C=O) groups is 2. The van der Waals surface area contributed by atoms with Crippen molar-refractivity contribution in [2.45, 2.75) is 12.8 Å². The molecule has 1 aromatic carbocycles. The lowest BCUT2D eigenvalue weighted by molar-refractivity contribution is -0.121. The molecule has 0 atom stereocenters. The van der Waals surface area contributed by atoms with E-state index in [1.165, 1.54) is 11.3 Å². The lowest BCUT2D eigenvalue weighted by Gasteiger charge is -2.10. The molecule has 1 heterocycles. The number of hydrogen-bond donors (Lipinski definition) is 2. The molecule has 0 aliphatic rings. The Morgan fingerprint density at radius 2 is 1.83 bits per heavy atom. The van der Waals surface area contributed by atoms with Crippen LogP contribution in [0.15, 0.2) is 34.1 Å². The third kappa shape index (κ3) is 4.97. The van der Waals surface area contributed by atoms with Crippen molar-refractivity contribution < 1.29 is 19.1 Å². The molecule has 6 nitrogen and oxygen atoms in total. The zero-order valence-electron chi connectivity index (χ0n) is 13.2. The molecule has 0 fully saturated rings. The highest BCUT2D eigenvalue weighted by atomic mass is 79.9. The maximum Gasteiger partial charge on any atom is 0.279 e. The van der Waals surface area contributed by atoms with Gasteiger partial charge in [-0.05, 0) is 52.2 Å². The number of hydrazine groups is 1. The Kier molecular flexibility index (Phi) is 6.62. The minimum atomic E-state index is -0.342. The van der Waals surface area contributed by atoms with E-state index in [-0.39, 0.29) is 18.2 Å². The molecule has 2 rings (SSSR count). The van der Waals surface area contributed by atoms with Gasteiger partial charge >= 0.3 is 0 Å². The smallest absolute Gasteiger partial charge is 0.279 e. The summed E-state index contributed by atoms with van der Waals surface area (Å²) in [5, 5.41) is 0. The van der Waals surface area contributed by atoms with Crippen LogP contribution in [0, 0.1) is 0 Å². The molecule has 0 spiro atoms. The third-order valence-corrected chi connectivity index (χ3v) is 4.82. The number of carbonyl (C=O) groups excluding carboxylic acids is 2. The molecule has 2 aromatic rings. The van der Waals surface area contributed by atoms with Crippen molar-refractivity contribution >= 4 is 39.1 Å². The third-order valence-electron chi connectivity index (χ3n) is 3.20. The molecule has 0 unspecified atom stereocenters. The molecule has 1 aromatic heterocycles. The summed E-state index contributed by atoms with van der Waals surface area (Å²) in [5.74, 6) is 0.644. The van der Waals surface area contributed by atoms with Gasteiger partial charge in [-0.1, -0.05) is 6.07 Å². The van der Waals surface area contributed by atoms with Gasteiger partial charge in [0.15, 0.2) is 11.5 Å². The Hall–Kier alpha value is -2.06. The molecule has 0 aliphatic carbocycles. The summed E-state index contributed by atoms with van der Waals surface area (Å²) in [6.45, 7) is 0. The maximum absolute atomic E-state index is 11.8. The van der Waals surface area contributed by atoms with Crippen LogP contribution in [0.3, 0.4) is 0 Å². The van der Waals surface area contributed by atoms with Gasteiger partial charge in [-0.2, -0.15) is 0 Å². The Labute approximate surface area is 152 Å². The second kappa shape index (κ2) is 8.70. The van der Waals surface area contributed by atoms with E-state index in [1.54, 1.807) is 32.4 Å². The van der Waals surface area contributed by atoms with E-state index in [0.717, 1.165) is 9.35 Å². The van der Waals surface area contributed by atoms with E-state index in [1.807, 2.05) is 12.1 Å². The van der Waals surface area contributed by atoms with Crippen molar-refractivity contribution in [3.63, 3.8) is 0 Å². The molecular formula is C16H17BrN2O4S. The molecule has 0 radical (unpaired) electrons. The largest absolute Gasteiger partial charge is 0.493 e. The van der Waals surface area contributed by atoms with Crippen LogP contribution in [-0.4, -0.2) is 26.0 Å². The second-order valence-electron chi connectivity index (χ2n) is 4.80. The summed E-state index contributed by atoms with van der Waals surface area (Å²) < 4.78 is 11.3. The Bertz CT molecular complexity index is 733. The van der Waals surface area contributed by atoms with Crippen LogP contribution < -0.4 is 20.3 Å². The lowest BCUT2D eigenvalue weighted by Crippen LogP contribution is -2.41. The van der Waals surface area contributed by atoms with E-state index in [4.69, 9.17) is 9.47 Å². The average Bonchev–Trinajstić information content (AvgIpc) is 3.04. The van der Waals surface area contributed by atoms with Crippen LogP contribution in [0.25, 0.3) is 0 Å². The first-order chi connectivity index (χ1) is 11.5. The van der Waals surface area contributed by atoms with Crippen molar-refractivity contribution in [2.75, 3.05) is 14.2 Å². The van der Waals surface area contributed by atoms with E-state index in [2.05, 4.69) is 26.8 Å². The summed E-state index contributed by atoms with van der Waals surface area (Å²) in [4.78, 5) is 24.2. The van der Waals surface area contributed by atoms with Crippen LogP contribution in [0.4, 0.5) is 0 Å². The van der Waals surface area contributed by atoms with Gasteiger partial charge in [-0.3, -0.25) is 20.4 Å². The molecular weight excluding hydrogens is 396 g/mol. The number of benzene rings is 1. The van der Waals surface area contributed by atoms with Crippen LogP contribution in [0.5, 0.6) is 11.5 Å². The van der Waals surface area contributed by atoms with Gasteiger partial charge in [-0.25, -0.2) is 0 Å². The first-order valence-electron chi connectivity index (χ1n) is 7.09. The van der Waals surface area contributed by atoms with Gasteiger partial charge in [0.05, 0.1) is 22.9 Å². The van der Waals surface area contributed by atoms with E-state index >= 15 is 0 Å². The molecule has 128 valence electrons. The molecule has 0 saturated heterocycles. The fraction of sp³-hybridized carbons (Fsp3) is 0.250. The van der Waals surface area contributed by atoms with Crippen molar-refractivity contribution in [1.82, 2.24) is 10.9 Å². The fourth-order valence-electron chi connectivity index (χ4n) is 1.98. The minimum Gasteiger partial charge on any atom is -0.493 e. The molecule has 0 saturated carbocycles. The summed E-state index contributed by atoms with van der Waals surface area (Å²) in [6.07, 6.45) is 0.760. The van der Waals surface area contributed by atoms with Crippen LogP contribution >= 0.6 is 27.3 Å². The Morgan fingerprint density at radius 3 is 2.46 bits per heavy atom. The fourth-order valence-corrected chi connectivity index (χ4v) is 3.26. The van der Waals surface area contributed by atoms with E-state index in [0.29, 0.717) is 22.8 Å². The molecule has 0 bridgehead atoms. The normalized spacial score (nSPS) is 10.1. The highest BCUT2D eigenvalue weighted by molar-refractivity contribution is 9.11. The topological polar surface area (TPSA) is 76.7 Å². The zero-order valence-corrected chi connectivity index (χ0v) is 15.6. The summed E-state index contributed by atoms with van der Waals surface area (Å²) in [5.41, 5.74) is 5.75.